The van der Waals surface area contributed by atoms with Gasteiger partial charge in [-0.2, -0.15) is 0 Å². The van der Waals surface area contributed by atoms with Gasteiger partial charge in [-0.05, 0) is 30.0 Å². The van der Waals surface area contributed by atoms with Crippen molar-refractivity contribution >= 4 is 22.5 Å². The Kier molecular flexibility index (Phi) is 2.50. The Bertz CT molecular complexity index is 575. The number of benzene rings is 1. The van der Waals surface area contributed by atoms with Crippen molar-refractivity contribution in [2.24, 2.45) is 5.73 Å². The van der Waals surface area contributed by atoms with E-state index in [1.165, 1.54) is 0 Å². The second-order valence-electron chi connectivity index (χ2n) is 3.46. The van der Waals surface area contributed by atoms with E-state index in [2.05, 4.69) is 4.98 Å². The molecule has 0 unspecified atom stereocenters. The minimum atomic E-state index is -0.143. The highest BCUT2D eigenvalue weighted by Gasteiger charge is 2.05. The highest BCUT2D eigenvalue weighted by atomic mass is 35.5. The van der Waals surface area contributed by atoms with Gasteiger partial charge >= 0.3 is 0 Å². The Morgan fingerprint density at radius 3 is 2.87 bits per heavy atom. The van der Waals surface area contributed by atoms with Gasteiger partial charge in [-0.15, -0.1) is 0 Å². The lowest BCUT2D eigenvalue weighted by Crippen LogP contribution is -2.15. The van der Waals surface area contributed by atoms with Crippen LogP contribution in [0.25, 0.3) is 10.9 Å². The van der Waals surface area contributed by atoms with Crippen LogP contribution in [0.4, 0.5) is 0 Å². The van der Waals surface area contributed by atoms with Crippen LogP contribution in [-0.4, -0.2) is 4.98 Å². The summed E-state index contributed by atoms with van der Waals surface area (Å²) in [5.41, 5.74) is 7.57. The van der Waals surface area contributed by atoms with Crippen molar-refractivity contribution in [2.45, 2.75) is 13.5 Å². The fourth-order valence-corrected chi connectivity index (χ4v) is 1.75. The molecule has 4 heteroatoms. The molecule has 2 aromatic rings. The molecule has 1 aromatic carbocycles. The normalized spacial score (nSPS) is 10.9. The second kappa shape index (κ2) is 3.68. The van der Waals surface area contributed by atoms with Gasteiger partial charge in [0.05, 0.1) is 5.52 Å². The Balaban J connectivity index is 2.87. The van der Waals surface area contributed by atoms with Crippen LogP contribution in [0.5, 0.6) is 0 Å². The van der Waals surface area contributed by atoms with Gasteiger partial charge in [-0.25, -0.2) is 0 Å². The molecule has 0 spiro atoms. The van der Waals surface area contributed by atoms with Crippen molar-refractivity contribution in [1.29, 1.82) is 0 Å². The molecule has 3 nitrogen and oxygen atoms in total. The third-order valence-electron chi connectivity index (χ3n) is 2.51. The van der Waals surface area contributed by atoms with Crippen molar-refractivity contribution in [3.05, 3.63) is 44.7 Å². The largest absolute Gasteiger partial charge is 0.326 e. The molecule has 0 fully saturated rings. The molecule has 1 heterocycles. The van der Waals surface area contributed by atoms with E-state index >= 15 is 0 Å². The molecule has 0 amide bonds. The van der Waals surface area contributed by atoms with Crippen LogP contribution in [0.1, 0.15) is 11.1 Å². The maximum absolute atomic E-state index is 11.5. The molecule has 0 saturated carbocycles. The highest BCUT2D eigenvalue weighted by Crippen LogP contribution is 2.22. The maximum Gasteiger partial charge on any atom is 0.252 e. The van der Waals surface area contributed by atoms with E-state index in [9.17, 15) is 4.79 Å². The number of hydrogen-bond acceptors (Lipinski definition) is 2. The maximum atomic E-state index is 11.5. The SMILES string of the molecule is Cc1c(Cl)ccc2cc(CN)c(=O)[nH]c12. The molecule has 0 saturated heterocycles. The molecular formula is C11H11ClN2O. The predicted octanol–water partition coefficient (Wildman–Crippen LogP) is 1.95. The number of fused-ring (bicyclic) bond motifs is 1. The number of hydrogen-bond donors (Lipinski definition) is 2. The summed E-state index contributed by atoms with van der Waals surface area (Å²) < 4.78 is 0. The number of aryl methyl sites for hydroxylation is 1. The molecule has 78 valence electrons. The molecule has 0 aliphatic rings. The van der Waals surface area contributed by atoms with Crippen LogP contribution in [0.3, 0.4) is 0 Å². The van der Waals surface area contributed by atoms with Gasteiger partial charge in [-0.3, -0.25) is 4.79 Å². The summed E-state index contributed by atoms with van der Waals surface area (Å²) in [4.78, 5) is 14.3. The first kappa shape index (κ1) is 10.2. The van der Waals surface area contributed by atoms with Crippen LogP contribution < -0.4 is 11.3 Å². The monoisotopic (exact) mass is 222 g/mol. The summed E-state index contributed by atoms with van der Waals surface area (Å²) in [5.74, 6) is 0. The summed E-state index contributed by atoms with van der Waals surface area (Å²) in [6.07, 6.45) is 0. The van der Waals surface area contributed by atoms with Crippen LogP contribution in [0, 0.1) is 6.92 Å². The first-order valence-electron chi connectivity index (χ1n) is 4.64. The van der Waals surface area contributed by atoms with Gasteiger partial charge in [0.15, 0.2) is 0 Å². The Morgan fingerprint density at radius 1 is 1.47 bits per heavy atom. The van der Waals surface area contributed by atoms with E-state index in [4.69, 9.17) is 17.3 Å². The number of halogens is 1. The van der Waals surface area contributed by atoms with Crippen LogP contribution in [-0.2, 0) is 6.54 Å². The molecule has 0 bridgehead atoms. The zero-order chi connectivity index (χ0) is 11.0. The standard InChI is InChI=1S/C11H11ClN2O/c1-6-9(12)3-2-7-4-8(5-13)11(15)14-10(6)7/h2-4H,5,13H2,1H3,(H,14,15). The summed E-state index contributed by atoms with van der Waals surface area (Å²) in [6, 6.07) is 5.50. The van der Waals surface area contributed by atoms with Crippen molar-refractivity contribution in [3.63, 3.8) is 0 Å². The molecule has 2 rings (SSSR count). The summed E-state index contributed by atoms with van der Waals surface area (Å²) >= 11 is 5.97. The summed E-state index contributed by atoms with van der Waals surface area (Å²) in [6.45, 7) is 2.12. The van der Waals surface area contributed by atoms with E-state index in [-0.39, 0.29) is 12.1 Å². The zero-order valence-electron chi connectivity index (χ0n) is 8.30. The number of pyridine rings is 1. The lowest BCUT2D eigenvalue weighted by atomic mass is 10.1. The molecule has 3 N–H and O–H groups in total. The molecule has 0 atom stereocenters. The lowest BCUT2D eigenvalue weighted by molar-refractivity contribution is 1.03. The molecule has 1 aromatic heterocycles. The van der Waals surface area contributed by atoms with Crippen molar-refractivity contribution in [3.8, 4) is 0 Å². The van der Waals surface area contributed by atoms with Crippen LogP contribution >= 0.6 is 11.6 Å². The summed E-state index contributed by atoms with van der Waals surface area (Å²) in [7, 11) is 0. The molecular weight excluding hydrogens is 212 g/mol. The average molecular weight is 223 g/mol. The van der Waals surface area contributed by atoms with Gasteiger partial charge in [0.1, 0.15) is 0 Å². The van der Waals surface area contributed by atoms with Crippen molar-refractivity contribution in [1.82, 2.24) is 4.98 Å². The highest BCUT2D eigenvalue weighted by molar-refractivity contribution is 6.32. The number of nitrogens with two attached hydrogens (primary N) is 1. The van der Waals surface area contributed by atoms with E-state index < -0.39 is 0 Å². The first-order chi connectivity index (χ1) is 7.13. The fraction of sp³-hybridized carbons (Fsp3) is 0.182. The van der Waals surface area contributed by atoms with Gasteiger partial charge in [0, 0.05) is 17.1 Å². The van der Waals surface area contributed by atoms with Gasteiger partial charge in [0.2, 0.25) is 0 Å². The Hall–Kier alpha value is -1.32. The topological polar surface area (TPSA) is 58.9 Å². The molecule has 15 heavy (non-hydrogen) atoms. The smallest absolute Gasteiger partial charge is 0.252 e. The average Bonchev–Trinajstić information content (AvgIpc) is 2.24. The van der Waals surface area contributed by atoms with Crippen molar-refractivity contribution < 1.29 is 0 Å². The number of aromatic nitrogens is 1. The van der Waals surface area contributed by atoms with E-state index in [1.54, 1.807) is 6.07 Å². The second-order valence-corrected chi connectivity index (χ2v) is 3.87. The molecule has 0 aliphatic carbocycles. The van der Waals surface area contributed by atoms with Crippen LogP contribution in [0.15, 0.2) is 23.0 Å². The third-order valence-corrected chi connectivity index (χ3v) is 2.92. The molecule has 0 radical (unpaired) electrons. The van der Waals surface area contributed by atoms with E-state index in [0.717, 1.165) is 16.5 Å². The zero-order valence-corrected chi connectivity index (χ0v) is 9.06. The van der Waals surface area contributed by atoms with Gasteiger partial charge in [0.25, 0.3) is 5.56 Å². The van der Waals surface area contributed by atoms with Crippen LogP contribution in [0.2, 0.25) is 5.02 Å². The fourth-order valence-electron chi connectivity index (χ4n) is 1.59. The number of rotatable bonds is 1. The number of nitrogens with one attached hydrogen (secondary N) is 1. The minimum Gasteiger partial charge on any atom is -0.326 e. The lowest BCUT2D eigenvalue weighted by Gasteiger charge is -2.05. The van der Waals surface area contributed by atoms with E-state index in [1.807, 2.05) is 19.1 Å². The third kappa shape index (κ3) is 1.64. The number of aromatic amines is 1. The van der Waals surface area contributed by atoms with Gasteiger partial charge < -0.3 is 10.7 Å². The van der Waals surface area contributed by atoms with Gasteiger partial charge in [-0.1, -0.05) is 17.7 Å². The summed E-state index contributed by atoms with van der Waals surface area (Å²) in [5, 5.41) is 1.61. The Morgan fingerprint density at radius 2 is 2.20 bits per heavy atom. The Labute approximate surface area is 91.9 Å². The molecule has 0 aliphatic heterocycles. The number of H-pyrrole nitrogens is 1. The van der Waals surface area contributed by atoms with Crippen molar-refractivity contribution in [2.75, 3.05) is 0 Å². The first-order valence-corrected chi connectivity index (χ1v) is 5.02. The van der Waals surface area contributed by atoms with E-state index in [0.29, 0.717) is 10.6 Å². The predicted molar refractivity (Wildman–Crippen MR) is 62.2 cm³/mol. The minimum absolute atomic E-state index is 0.143. The quantitative estimate of drug-likeness (QED) is 0.775.